The molecule has 2 aromatic heterocycles. The van der Waals surface area contributed by atoms with Crippen LogP contribution in [0.1, 0.15) is 25.0 Å². The predicted octanol–water partition coefficient (Wildman–Crippen LogP) is 9.62. The van der Waals surface area contributed by atoms with Gasteiger partial charge in [0.2, 0.25) is 0 Å². The summed E-state index contributed by atoms with van der Waals surface area (Å²) in [4.78, 5) is 9.74. The van der Waals surface area contributed by atoms with Crippen molar-refractivity contribution in [3.05, 3.63) is 145 Å². The number of fused-ring (bicyclic) bond motifs is 2. The van der Waals surface area contributed by atoms with E-state index in [0.29, 0.717) is 0 Å². The van der Waals surface area contributed by atoms with Crippen molar-refractivity contribution in [1.29, 1.82) is 0 Å². The van der Waals surface area contributed by atoms with Gasteiger partial charge in [-0.2, -0.15) is 0 Å². The van der Waals surface area contributed by atoms with Crippen LogP contribution in [-0.2, 0) is 0 Å². The van der Waals surface area contributed by atoms with Crippen molar-refractivity contribution >= 4 is 33.0 Å². The highest BCUT2D eigenvalue weighted by Crippen LogP contribution is 2.32. The number of allylic oxidation sites excluding steroid dienone is 4. The molecule has 6 aromatic rings. The fourth-order valence-corrected chi connectivity index (χ4v) is 4.97. The van der Waals surface area contributed by atoms with Crippen molar-refractivity contribution in [2.24, 2.45) is 0 Å². The normalized spacial score (nSPS) is 12.3. The van der Waals surface area contributed by atoms with Gasteiger partial charge in [-0.15, -0.1) is 0 Å². The molecule has 0 bridgehead atoms. The van der Waals surface area contributed by atoms with Crippen LogP contribution in [0.2, 0.25) is 0 Å². The Labute approximate surface area is 223 Å². The molecule has 6 rings (SSSR count). The Morgan fingerprint density at radius 2 is 1.26 bits per heavy atom. The van der Waals surface area contributed by atoms with Crippen LogP contribution in [0.25, 0.3) is 55.3 Å². The Bertz CT molecular complexity index is 1800. The third-order valence-electron chi connectivity index (χ3n) is 7.05. The van der Waals surface area contributed by atoms with E-state index in [0.717, 1.165) is 38.6 Å². The Kier molecular flexibility index (Phi) is 6.37. The first-order valence-electron chi connectivity index (χ1n) is 12.9. The number of nitrogens with zero attached hydrogens (tertiary/aromatic N) is 2. The zero-order chi connectivity index (χ0) is 25.9. The van der Waals surface area contributed by atoms with E-state index in [2.05, 4.69) is 128 Å². The van der Waals surface area contributed by atoms with Crippen LogP contribution in [0.15, 0.2) is 134 Å². The number of benzene rings is 4. The summed E-state index contributed by atoms with van der Waals surface area (Å²) in [6.07, 6.45) is 6.27. The summed E-state index contributed by atoms with van der Waals surface area (Å²) in [6.45, 7) is 4.33. The van der Waals surface area contributed by atoms with E-state index in [-0.39, 0.29) is 0 Å². The van der Waals surface area contributed by atoms with E-state index in [4.69, 9.17) is 4.98 Å². The molecule has 0 radical (unpaired) electrons. The van der Waals surface area contributed by atoms with Crippen molar-refractivity contribution in [2.75, 3.05) is 0 Å². The quantitative estimate of drug-likeness (QED) is 0.226. The zero-order valence-electron chi connectivity index (χ0n) is 21.6. The molecule has 0 amide bonds. The molecule has 0 spiro atoms. The number of pyridine rings is 2. The zero-order valence-corrected chi connectivity index (χ0v) is 21.6. The Morgan fingerprint density at radius 3 is 2.03 bits per heavy atom. The van der Waals surface area contributed by atoms with Crippen molar-refractivity contribution in [3.8, 4) is 22.4 Å². The fraction of sp³-hybridized carbons (Fsp3) is 0.0556. The topological polar surface area (TPSA) is 25.8 Å². The first kappa shape index (κ1) is 23.6. The molecule has 0 N–H and O–H groups in total. The molecule has 0 aliphatic carbocycles. The lowest BCUT2D eigenvalue weighted by molar-refractivity contribution is 1.38. The summed E-state index contributed by atoms with van der Waals surface area (Å²) in [5.41, 5.74) is 11.2. The molecule has 182 valence electrons. The molecule has 0 unspecified atom stereocenters. The summed E-state index contributed by atoms with van der Waals surface area (Å²) in [7, 11) is 0. The van der Waals surface area contributed by atoms with Crippen LogP contribution in [0, 0.1) is 0 Å². The lowest BCUT2D eigenvalue weighted by atomic mass is 9.95. The Balaban J connectivity index is 1.48. The van der Waals surface area contributed by atoms with Crippen LogP contribution in [0.5, 0.6) is 0 Å². The first-order valence-corrected chi connectivity index (χ1v) is 12.9. The largest absolute Gasteiger partial charge is 0.256 e. The van der Waals surface area contributed by atoms with Crippen LogP contribution >= 0.6 is 0 Å². The summed E-state index contributed by atoms with van der Waals surface area (Å²) in [5.74, 6) is 0. The standard InChI is InChI=1S/C36H28N2/c1-25(31-17-9-15-29-16-10-22-37-36(29)31)18-19-26(2)33-24-34(28-13-7-4-8-14-28)38-35-23-30(20-21-32(33)35)27-11-5-3-6-12-27/h3-24H,1-2H3/b25-18+,26-19+. The fourth-order valence-electron chi connectivity index (χ4n) is 4.97. The number of para-hydroxylation sites is 1. The van der Waals surface area contributed by atoms with Gasteiger partial charge >= 0.3 is 0 Å². The molecule has 0 saturated carbocycles. The third kappa shape index (κ3) is 4.65. The second kappa shape index (κ2) is 10.3. The van der Waals surface area contributed by atoms with E-state index in [9.17, 15) is 0 Å². The van der Waals surface area contributed by atoms with Crippen molar-refractivity contribution in [1.82, 2.24) is 9.97 Å². The number of hydrogen-bond acceptors (Lipinski definition) is 2. The van der Waals surface area contributed by atoms with Crippen molar-refractivity contribution in [2.45, 2.75) is 13.8 Å². The lowest BCUT2D eigenvalue weighted by Crippen LogP contribution is -1.92. The molecule has 0 fully saturated rings. The van der Waals surface area contributed by atoms with E-state index >= 15 is 0 Å². The van der Waals surface area contributed by atoms with Crippen LogP contribution in [-0.4, -0.2) is 9.97 Å². The van der Waals surface area contributed by atoms with Crippen molar-refractivity contribution < 1.29 is 0 Å². The van der Waals surface area contributed by atoms with Crippen LogP contribution < -0.4 is 0 Å². The molecule has 38 heavy (non-hydrogen) atoms. The van der Waals surface area contributed by atoms with Gasteiger partial charge in [0.15, 0.2) is 0 Å². The number of hydrogen-bond donors (Lipinski definition) is 0. The summed E-state index contributed by atoms with van der Waals surface area (Å²) < 4.78 is 0. The van der Waals surface area contributed by atoms with E-state index in [1.165, 1.54) is 27.8 Å². The van der Waals surface area contributed by atoms with Gasteiger partial charge in [-0.1, -0.05) is 109 Å². The van der Waals surface area contributed by atoms with E-state index in [1.54, 1.807) is 0 Å². The highest BCUT2D eigenvalue weighted by Gasteiger charge is 2.11. The van der Waals surface area contributed by atoms with Crippen molar-refractivity contribution in [3.63, 3.8) is 0 Å². The number of rotatable bonds is 5. The van der Waals surface area contributed by atoms with Gasteiger partial charge < -0.3 is 0 Å². The maximum atomic E-state index is 5.10. The second-order valence-corrected chi connectivity index (χ2v) is 9.60. The van der Waals surface area contributed by atoms with Gasteiger partial charge in [-0.3, -0.25) is 4.98 Å². The predicted molar refractivity (Wildman–Crippen MR) is 162 cm³/mol. The smallest absolute Gasteiger partial charge is 0.0776 e. The maximum Gasteiger partial charge on any atom is 0.0776 e. The van der Waals surface area contributed by atoms with Gasteiger partial charge in [0.25, 0.3) is 0 Å². The van der Waals surface area contributed by atoms with Crippen LogP contribution in [0.4, 0.5) is 0 Å². The van der Waals surface area contributed by atoms with E-state index < -0.39 is 0 Å². The average molecular weight is 489 g/mol. The summed E-state index contributed by atoms with van der Waals surface area (Å²) in [5, 5.41) is 2.30. The molecule has 0 aliphatic rings. The Hall–Kier alpha value is -4.82. The summed E-state index contributed by atoms with van der Waals surface area (Å²) >= 11 is 0. The minimum Gasteiger partial charge on any atom is -0.256 e. The van der Waals surface area contributed by atoms with Gasteiger partial charge in [-0.05, 0) is 59.9 Å². The molecule has 2 nitrogen and oxygen atoms in total. The Morgan fingerprint density at radius 1 is 0.579 bits per heavy atom. The molecule has 4 aromatic carbocycles. The number of aromatic nitrogens is 2. The SMILES string of the molecule is C/C(=C\C=C(/C)c1cccc2cccnc12)c1cc(-c2ccccc2)nc2cc(-c3ccccc3)ccc12. The molecule has 2 heterocycles. The lowest BCUT2D eigenvalue weighted by Gasteiger charge is -2.12. The second-order valence-electron chi connectivity index (χ2n) is 9.60. The minimum absolute atomic E-state index is 0.977. The monoisotopic (exact) mass is 488 g/mol. The van der Waals surface area contributed by atoms with Gasteiger partial charge in [0.05, 0.1) is 16.7 Å². The average Bonchev–Trinajstić information content (AvgIpc) is 2.99. The molecular formula is C36H28N2. The molecule has 2 heteroatoms. The highest BCUT2D eigenvalue weighted by molar-refractivity contribution is 5.96. The van der Waals surface area contributed by atoms with Gasteiger partial charge in [0.1, 0.15) is 0 Å². The summed E-state index contributed by atoms with van der Waals surface area (Å²) in [6, 6.07) is 40.2. The molecule has 0 atom stereocenters. The maximum absolute atomic E-state index is 5.10. The third-order valence-corrected chi connectivity index (χ3v) is 7.05. The van der Waals surface area contributed by atoms with Gasteiger partial charge in [-0.25, -0.2) is 4.98 Å². The van der Waals surface area contributed by atoms with Gasteiger partial charge in [0, 0.05) is 28.1 Å². The minimum atomic E-state index is 0.977. The molecular weight excluding hydrogens is 460 g/mol. The first-order chi connectivity index (χ1) is 18.7. The van der Waals surface area contributed by atoms with E-state index in [1.807, 2.05) is 24.4 Å². The molecule has 0 aliphatic heterocycles. The highest BCUT2D eigenvalue weighted by atomic mass is 14.7. The van der Waals surface area contributed by atoms with Crippen LogP contribution in [0.3, 0.4) is 0 Å². The molecule has 0 saturated heterocycles.